The summed E-state index contributed by atoms with van der Waals surface area (Å²) in [6, 6.07) is 45.4. The molecule has 7 aromatic rings. The van der Waals surface area contributed by atoms with E-state index in [1.54, 1.807) is 0 Å². The molecule has 0 unspecified atom stereocenters. The van der Waals surface area contributed by atoms with Gasteiger partial charge in [-0.25, -0.2) is 4.57 Å². The Balaban J connectivity index is 0.000000294. The van der Waals surface area contributed by atoms with Gasteiger partial charge in [-0.05, 0) is 107 Å². The molecule has 0 saturated carbocycles. The molecule has 558 valence electrons. The number of pyridine rings is 1. The maximum absolute atomic E-state index is 6.65. The molecule has 1 aromatic heterocycles. The molecule has 6 aromatic carbocycles. The summed E-state index contributed by atoms with van der Waals surface area (Å²) in [5, 5.41) is 4.80. The average molecular weight is 1490 g/mol. The lowest BCUT2D eigenvalue weighted by Crippen LogP contribution is -2.67. The monoisotopic (exact) mass is 1490 g/mol. The molecule has 1 heterocycles. The van der Waals surface area contributed by atoms with E-state index in [2.05, 4.69) is 193 Å². The van der Waals surface area contributed by atoms with Gasteiger partial charge in [0.1, 0.15) is 6.54 Å². The zero-order valence-electron chi connectivity index (χ0n) is 65.8. The molecule has 0 saturated heterocycles. The van der Waals surface area contributed by atoms with Gasteiger partial charge >= 0.3 is 0 Å². The van der Waals surface area contributed by atoms with E-state index in [1.165, 1.54) is 250 Å². The minimum atomic E-state index is -1.28. The lowest BCUT2D eigenvalue weighted by atomic mass is 9.14. The van der Waals surface area contributed by atoms with Crippen LogP contribution in [0.25, 0.3) is 0 Å². The SMILES string of the molecule is CCCCCCCCCCCCCCCC[n+]1ccccc1.CCCCCC[B-](c1ccc(C)c(Cl)c1)(c1ccc(C)c(Cl)c1)c1ccc(C)c(Cl)c1.CCCCCC[B-](c1ccc(C)c(Cl)c1)(c1ccc(C)c(Cl)c1)c1ccc(C)c(Cl)c1.CCCC[N+](CCCC)(CCCC)CCCC. The number of benzene rings is 6. The smallest absolute Gasteiger partial charge is 0.168 e. The third-order valence-corrected chi connectivity index (χ3v) is 24.5. The fourth-order valence-electron chi connectivity index (χ4n) is 15.1. The van der Waals surface area contributed by atoms with Gasteiger partial charge in [-0.2, -0.15) is 45.4 Å². The van der Waals surface area contributed by atoms with Gasteiger partial charge in [-0.3, -0.25) is 0 Å². The Morgan fingerprint density at radius 1 is 0.257 bits per heavy atom. The number of nitrogens with zero attached hydrogens (tertiary/aromatic N) is 2. The maximum Gasteiger partial charge on any atom is 0.168 e. The largest absolute Gasteiger partial charge is 0.324 e. The average Bonchev–Trinajstić information content (AvgIpc) is 0.754. The van der Waals surface area contributed by atoms with Crippen LogP contribution in [-0.2, 0) is 6.54 Å². The van der Waals surface area contributed by atoms with Crippen LogP contribution in [0, 0.1) is 41.5 Å². The molecule has 0 bridgehead atoms. The minimum Gasteiger partial charge on any atom is -0.324 e. The van der Waals surface area contributed by atoms with E-state index >= 15 is 0 Å². The molecule has 0 amide bonds. The van der Waals surface area contributed by atoms with Gasteiger partial charge < -0.3 is 4.48 Å². The maximum atomic E-state index is 6.65. The highest BCUT2D eigenvalue weighted by atomic mass is 35.5. The van der Waals surface area contributed by atoms with E-state index < -0.39 is 12.3 Å². The summed E-state index contributed by atoms with van der Waals surface area (Å²) in [5.41, 5.74) is 14.0. The van der Waals surface area contributed by atoms with Crippen molar-refractivity contribution in [3.8, 4) is 0 Å². The number of rotatable bonds is 43. The van der Waals surface area contributed by atoms with Crippen LogP contribution in [0.1, 0.15) is 274 Å². The molecule has 0 spiro atoms. The highest BCUT2D eigenvalue weighted by Crippen LogP contribution is 2.28. The second-order valence-corrected chi connectivity index (χ2v) is 32.6. The Morgan fingerprint density at radius 3 is 0.683 bits per heavy atom. The topological polar surface area (TPSA) is 3.88 Å². The van der Waals surface area contributed by atoms with Crippen molar-refractivity contribution < 1.29 is 9.05 Å². The van der Waals surface area contributed by atoms with Crippen molar-refractivity contribution in [2.45, 2.75) is 302 Å². The lowest BCUT2D eigenvalue weighted by molar-refractivity contribution is -0.929. The Labute approximate surface area is 650 Å². The molecular formula is C91H136B2Cl6N2. The molecule has 0 aliphatic heterocycles. The molecule has 7 rings (SSSR count). The first-order chi connectivity index (χ1) is 48.8. The van der Waals surface area contributed by atoms with Crippen molar-refractivity contribution in [2.24, 2.45) is 0 Å². The Kier molecular flexibility index (Phi) is 45.1. The number of quaternary nitrogens is 1. The summed E-state index contributed by atoms with van der Waals surface area (Å²) in [6.07, 6.45) is 44.6. The normalized spacial score (nSPS) is 11.6. The zero-order valence-corrected chi connectivity index (χ0v) is 70.3. The van der Waals surface area contributed by atoms with Gasteiger partial charge in [0.25, 0.3) is 0 Å². The number of halogens is 6. The van der Waals surface area contributed by atoms with Crippen LogP contribution in [-0.4, -0.2) is 43.0 Å². The third-order valence-electron chi connectivity index (χ3n) is 22.1. The van der Waals surface area contributed by atoms with Crippen molar-refractivity contribution in [2.75, 3.05) is 26.2 Å². The summed E-state index contributed by atoms with van der Waals surface area (Å²) >= 11 is 39.9. The quantitative estimate of drug-likeness (QED) is 0.0155. The minimum absolute atomic E-state index is 0.800. The number of hydrogen-bond donors (Lipinski definition) is 0. The standard InChI is InChI=1S/2C27H31BCl3.C21H38N.C16H36N/c2*1-5-6-7-8-15-28(22-12-9-19(2)25(29)16-22,23-13-10-20(3)26(30)17-23)24-14-11-21(4)27(31)18-24;1-2-3-4-5-6-7-8-9-10-11-12-13-14-16-19-22-20-17-15-18-21-22;1-5-9-13-17(14-10-6-2,15-11-7-3)16-12-8-4/h2*9-14,16-18H,5-8,15H2,1-4H3;15,17-18,20-21H,2-14,16,19H2,1H3;5-16H2,1-4H3/q2*-1;2*+1. The Bertz CT molecular complexity index is 2930. The van der Waals surface area contributed by atoms with E-state index in [0.717, 1.165) is 89.0 Å². The van der Waals surface area contributed by atoms with Gasteiger partial charge in [0.05, 0.1) is 38.5 Å². The van der Waals surface area contributed by atoms with Crippen LogP contribution >= 0.6 is 69.6 Å². The molecule has 0 aliphatic carbocycles. The highest BCUT2D eigenvalue weighted by Gasteiger charge is 2.33. The first-order valence-corrected chi connectivity index (χ1v) is 42.8. The fraction of sp³-hybridized carbons (Fsp3) is 0.549. The Hall–Kier alpha value is -3.70. The van der Waals surface area contributed by atoms with Crippen molar-refractivity contribution in [1.82, 2.24) is 0 Å². The molecule has 0 radical (unpaired) electrons. The van der Waals surface area contributed by atoms with Crippen molar-refractivity contribution in [1.29, 1.82) is 0 Å². The van der Waals surface area contributed by atoms with E-state index in [1.807, 2.05) is 41.5 Å². The second kappa shape index (κ2) is 50.7. The van der Waals surface area contributed by atoms with Gasteiger partial charge in [0, 0.05) is 48.7 Å². The second-order valence-electron chi connectivity index (χ2n) is 30.2. The molecule has 101 heavy (non-hydrogen) atoms. The summed E-state index contributed by atoms with van der Waals surface area (Å²) in [7, 11) is 0. The van der Waals surface area contributed by atoms with Crippen molar-refractivity contribution in [3.05, 3.63) is 203 Å². The van der Waals surface area contributed by atoms with Crippen LogP contribution in [0.2, 0.25) is 42.8 Å². The van der Waals surface area contributed by atoms with Gasteiger partial charge in [-0.1, -0.05) is 387 Å². The predicted molar refractivity (Wildman–Crippen MR) is 461 cm³/mol. The molecule has 0 fully saturated rings. The van der Waals surface area contributed by atoms with Gasteiger partial charge in [0.15, 0.2) is 12.4 Å². The number of aryl methyl sites for hydroxylation is 7. The van der Waals surface area contributed by atoms with Crippen molar-refractivity contribution >= 4 is 115 Å². The van der Waals surface area contributed by atoms with Crippen LogP contribution in [0.5, 0.6) is 0 Å². The van der Waals surface area contributed by atoms with E-state index in [-0.39, 0.29) is 0 Å². The van der Waals surface area contributed by atoms with E-state index in [0.29, 0.717) is 0 Å². The molecule has 0 N–H and O–H groups in total. The summed E-state index contributed by atoms with van der Waals surface area (Å²) in [5.74, 6) is 0. The highest BCUT2D eigenvalue weighted by molar-refractivity contribution is 7.12. The van der Waals surface area contributed by atoms with Gasteiger partial charge in [-0.15, -0.1) is 0 Å². The zero-order chi connectivity index (χ0) is 73.9. The Morgan fingerprint density at radius 2 is 0.465 bits per heavy atom. The third kappa shape index (κ3) is 30.2. The number of aromatic nitrogens is 1. The van der Waals surface area contributed by atoms with Gasteiger partial charge in [0.2, 0.25) is 0 Å². The molecular weight excluding hydrogens is 1360 g/mol. The molecule has 0 aliphatic rings. The van der Waals surface area contributed by atoms with Crippen LogP contribution in [0.3, 0.4) is 0 Å². The number of hydrogen-bond acceptors (Lipinski definition) is 0. The number of unbranched alkanes of at least 4 members (excludes halogenated alkanes) is 23. The van der Waals surface area contributed by atoms with Crippen LogP contribution in [0.4, 0.5) is 0 Å². The first-order valence-electron chi connectivity index (χ1n) is 40.5. The van der Waals surface area contributed by atoms with Crippen molar-refractivity contribution in [3.63, 3.8) is 0 Å². The van der Waals surface area contributed by atoms with Crippen LogP contribution < -0.4 is 37.3 Å². The van der Waals surface area contributed by atoms with Crippen LogP contribution in [0.15, 0.2) is 140 Å². The summed E-state index contributed by atoms with van der Waals surface area (Å²) < 4.78 is 3.71. The lowest BCUT2D eigenvalue weighted by Gasteiger charge is -2.44. The summed E-state index contributed by atoms with van der Waals surface area (Å²) in [4.78, 5) is 0. The summed E-state index contributed by atoms with van der Waals surface area (Å²) in [6.45, 7) is 35.3. The first kappa shape index (κ1) is 89.7. The molecule has 10 heteroatoms. The van der Waals surface area contributed by atoms with E-state index in [9.17, 15) is 0 Å². The molecule has 0 atom stereocenters. The predicted octanol–water partition coefficient (Wildman–Crippen LogP) is 26.7. The fourth-order valence-corrected chi connectivity index (χ4v) is 16.3. The molecule has 2 nitrogen and oxygen atoms in total. The van der Waals surface area contributed by atoms with E-state index in [4.69, 9.17) is 69.6 Å².